The number of rotatable bonds is 4. The zero-order valence-corrected chi connectivity index (χ0v) is 12.8. The molecule has 0 spiro atoms. The Balaban J connectivity index is 2.10. The first-order valence-corrected chi connectivity index (χ1v) is 8.32. The van der Waals surface area contributed by atoms with Gasteiger partial charge in [0.2, 0.25) is 0 Å². The van der Waals surface area contributed by atoms with Crippen LogP contribution in [0.25, 0.3) is 0 Å². The maximum Gasteiger partial charge on any atom is 0.282 e. The molecule has 1 unspecified atom stereocenters. The van der Waals surface area contributed by atoms with Gasteiger partial charge in [-0.25, -0.2) is 0 Å². The van der Waals surface area contributed by atoms with Crippen molar-refractivity contribution >= 4 is 10.2 Å². The normalized spacial score (nSPS) is 21.2. The molecule has 0 aromatic heterocycles. The van der Waals surface area contributed by atoms with Gasteiger partial charge in [0.25, 0.3) is 10.2 Å². The summed E-state index contributed by atoms with van der Waals surface area (Å²) in [6, 6.07) is 6.68. The standard InChI is InChI=1S/C14H22N2O3S/c1-12-5-3-4-10-16(12)20(18,19)15(2)11-13-6-8-14(17)9-7-13/h6-9,12,17H,3-5,10-11H2,1-2H3. The first-order chi connectivity index (χ1) is 9.41. The number of benzene rings is 1. The third kappa shape index (κ3) is 3.31. The van der Waals surface area contributed by atoms with Gasteiger partial charge >= 0.3 is 0 Å². The number of nitrogens with zero attached hydrogens (tertiary/aromatic N) is 2. The average Bonchev–Trinajstić information content (AvgIpc) is 2.41. The van der Waals surface area contributed by atoms with Crippen LogP contribution in [0.4, 0.5) is 0 Å². The molecule has 1 saturated heterocycles. The Morgan fingerprint density at radius 2 is 1.95 bits per heavy atom. The number of phenolic OH excluding ortho intramolecular Hbond substituents is 1. The zero-order valence-electron chi connectivity index (χ0n) is 12.0. The van der Waals surface area contributed by atoms with Gasteiger partial charge in [-0.15, -0.1) is 0 Å². The Morgan fingerprint density at radius 3 is 2.55 bits per heavy atom. The van der Waals surface area contributed by atoms with E-state index in [2.05, 4.69) is 0 Å². The molecule has 1 atom stereocenters. The van der Waals surface area contributed by atoms with Gasteiger partial charge in [-0.1, -0.05) is 18.6 Å². The topological polar surface area (TPSA) is 60.9 Å². The van der Waals surface area contributed by atoms with Gasteiger partial charge in [0.1, 0.15) is 5.75 Å². The summed E-state index contributed by atoms with van der Waals surface area (Å²) in [6.45, 7) is 2.88. The average molecular weight is 298 g/mol. The van der Waals surface area contributed by atoms with Crippen molar-refractivity contribution in [3.63, 3.8) is 0 Å². The minimum Gasteiger partial charge on any atom is -0.508 e. The Morgan fingerprint density at radius 1 is 1.30 bits per heavy atom. The molecule has 1 aliphatic rings. The van der Waals surface area contributed by atoms with Crippen molar-refractivity contribution in [2.45, 2.75) is 38.8 Å². The summed E-state index contributed by atoms with van der Waals surface area (Å²) in [5.41, 5.74) is 0.860. The molecule has 0 bridgehead atoms. The van der Waals surface area contributed by atoms with Crippen molar-refractivity contribution in [2.75, 3.05) is 13.6 Å². The van der Waals surface area contributed by atoms with E-state index >= 15 is 0 Å². The summed E-state index contributed by atoms with van der Waals surface area (Å²) in [5.74, 6) is 0.184. The lowest BCUT2D eigenvalue weighted by Gasteiger charge is -2.35. The van der Waals surface area contributed by atoms with Crippen LogP contribution in [-0.4, -0.2) is 41.8 Å². The highest BCUT2D eigenvalue weighted by Gasteiger charge is 2.32. The van der Waals surface area contributed by atoms with Gasteiger partial charge in [0.05, 0.1) is 0 Å². The van der Waals surface area contributed by atoms with Crippen LogP contribution in [0.1, 0.15) is 31.7 Å². The van der Waals surface area contributed by atoms with Crippen molar-refractivity contribution in [2.24, 2.45) is 0 Å². The molecule has 2 rings (SSSR count). The second-order valence-electron chi connectivity index (χ2n) is 5.39. The van der Waals surface area contributed by atoms with E-state index in [0.717, 1.165) is 24.8 Å². The largest absolute Gasteiger partial charge is 0.508 e. The van der Waals surface area contributed by atoms with Gasteiger partial charge in [0, 0.05) is 26.2 Å². The molecule has 0 saturated carbocycles. The van der Waals surface area contributed by atoms with E-state index in [1.165, 1.54) is 4.31 Å². The molecule has 20 heavy (non-hydrogen) atoms. The molecule has 1 aromatic rings. The first kappa shape index (κ1) is 15.3. The highest BCUT2D eigenvalue weighted by molar-refractivity contribution is 7.86. The van der Waals surface area contributed by atoms with Crippen LogP contribution in [0.2, 0.25) is 0 Å². The van der Waals surface area contributed by atoms with Crippen molar-refractivity contribution in [3.05, 3.63) is 29.8 Å². The van der Waals surface area contributed by atoms with E-state index in [1.807, 2.05) is 6.92 Å². The lowest BCUT2D eigenvalue weighted by molar-refractivity contribution is 0.249. The Bertz CT molecular complexity index is 542. The molecule has 1 aliphatic heterocycles. The van der Waals surface area contributed by atoms with E-state index in [9.17, 15) is 13.5 Å². The van der Waals surface area contributed by atoms with Crippen LogP contribution in [0.15, 0.2) is 24.3 Å². The molecule has 1 N–H and O–H groups in total. The Labute approximate surface area is 121 Å². The summed E-state index contributed by atoms with van der Waals surface area (Å²) in [4.78, 5) is 0. The lowest BCUT2D eigenvalue weighted by Crippen LogP contribution is -2.48. The fourth-order valence-electron chi connectivity index (χ4n) is 2.53. The minimum absolute atomic E-state index is 0.0658. The Kier molecular flexibility index (Phi) is 4.67. The fourth-order valence-corrected chi connectivity index (χ4v) is 4.12. The third-order valence-electron chi connectivity index (χ3n) is 3.77. The lowest BCUT2D eigenvalue weighted by atomic mass is 10.1. The van der Waals surface area contributed by atoms with Crippen molar-refractivity contribution in [1.29, 1.82) is 0 Å². The van der Waals surface area contributed by atoms with Gasteiger partial charge in [-0.3, -0.25) is 0 Å². The zero-order chi connectivity index (χ0) is 14.8. The molecular weight excluding hydrogens is 276 g/mol. The van der Waals surface area contributed by atoms with Crippen LogP contribution < -0.4 is 0 Å². The number of piperidine rings is 1. The second-order valence-corrected chi connectivity index (χ2v) is 7.37. The molecule has 1 aromatic carbocycles. The van der Waals surface area contributed by atoms with Crippen molar-refractivity contribution in [3.8, 4) is 5.75 Å². The summed E-state index contributed by atoms with van der Waals surface area (Å²) in [5, 5.41) is 9.25. The first-order valence-electron chi connectivity index (χ1n) is 6.92. The third-order valence-corrected chi connectivity index (χ3v) is 5.83. The number of hydrogen-bond acceptors (Lipinski definition) is 3. The molecule has 0 aliphatic carbocycles. The van der Waals surface area contributed by atoms with Gasteiger partial charge < -0.3 is 5.11 Å². The van der Waals surface area contributed by atoms with Gasteiger partial charge in [-0.2, -0.15) is 17.0 Å². The summed E-state index contributed by atoms with van der Waals surface area (Å²) in [6.07, 6.45) is 2.94. The summed E-state index contributed by atoms with van der Waals surface area (Å²) < 4.78 is 28.1. The van der Waals surface area contributed by atoms with Gasteiger partial charge in [0.15, 0.2) is 0 Å². The second kappa shape index (κ2) is 6.11. The summed E-state index contributed by atoms with van der Waals surface area (Å²) in [7, 11) is -1.81. The minimum atomic E-state index is -3.42. The van der Waals surface area contributed by atoms with Gasteiger partial charge in [-0.05, 0) is 37.5 Å². The maximum atomic E-state index is 12.6. The monoisotopic (exact) mass is 298 g/mol. The fraction of sp³-hybridized carbons (Fsp3) is 0.571. The predicted molar refractivity (Wildman–Crippen MR) is 78.5 cm³/mol. The molecule has 112 valence electrons. The molecule has 1 heterocycles. The molecule has 5 nitrogen and oxygen atoms in total. The number of phenols is 1. The smallest absolute Gasteiger partial charge is 0.282 e. The van der Waals surface area contributed by atoms with Crippen LogP contribution in [0, 0.1) is 0 Å². The highest BCUT2D eigenvalue weighted by Crippen LogP contribution is 2.22. The van der Waals surface area contributed by atoms with Crippen LogP contribution >= 0.6 is 0 Å². The van der Waals surface area contributed by atoms with Crippen LogP contribution in [0.5, 0.6) is 5.75 Å². The van der Waals surface area contributed by atoms with E-state index in [4.69, 9.17) is 0 Å². The SMILES string of the molecule is CC1CCCCN1S(=O)(=O)N(C)Cc1ccc(O)cc1. The Hall–Kier alpha value is -1.11. The van der Waals surface area contributed by atoms with E-state index < -0.39 is 10.2 Å². The molecule has 0 radical (unpaired) electrons. The van der Waals surface area contributed by atoms with E-state index in [1.54, 1.807) is 35.6 Å². The van der Waals surface area contributed by atoms with E-state index in [0.29, 0.717) is 13.1 Å². The number of hydrogen-bond donors (Lipinski definition) is 1. The number of aromatic hydroxyl groups is 1. The van der Waals surface area contributed by atoms with Crippen molar-refractivity contribution < 1.29 is 13.5 Å². The van der Waals surface area contributed by atoms with Crippen LogP contribution in [0.3, 0.4) is 0 Å². The van der Waals surface area contributed by atoms with E-state index in [-0.39, 0.29) is 11.8 Å². The summed E-state index contributed by atoms with van der Waals surface area (Å²) >= 11 is 0. The van der Waals surface area contributed by atoms with Crippen molar-refractivity contribution in [1.82, 2.24) is 8.61 Å². The van der Waals surface area contributed by atoms with Crippen LogP contribution in [-0.2, 0) is 16.8 Å². The molecule has 6 heteroatoms. The predicted octanol–water partition coefficient (Wildman–Crippen LogP) is 1.94. The quantitative estimate of drug-likeness (QED) is 0.924. The molecule has 0 amide bonds. The molecular formula is C14H22N2O3S. The maximum absolute atomic E-state index is 12.6. The molecule has 1 fully saturated rings. The highest BCUT2D eigenvalue weighted by atomic mass is 32.2.